The predicted octanol–water partition coefficient (Wildman–Crippen LogP) is 3.52. The number of benzene rings is 1. The van der Waals surface area contributed by atoms with Crippen molar-refractivity contribution in [2.75, 3.05) is 5.75 Å². The molecule has 0 radical (unpaired) electrons. The highest BCUT2D eigenvalue weighted by atomic mass is 32.2. The van der Waals surface area contributed by atoms with Crippen LogP contribution in [0.4, 0.5) is 22.0 Å². The lowest BCUT2D eigenvalue weighted by molar-refractivity contribution is -0.284. The van der Waals surface area contributed by atoms with Gasteiger partial charge in [-0.2, -0.15) is 30.4 Å². The fraction of sp³-hybridized carbons (Fsp3) is 0.417. The van der Waals surface area contributed by atoms with Crippen LogP contribution in [0.5, 0.6) is 0 Å². The highest BCUT2D eigenvalue weighted by Crippen LogP contribution is 2.38. The highest BCUT2D eigenvalue weighted by molar-refractivity contribution is 8.13. The number of rotatable bonds is 5. The summed E-state index contributed by atoms with van der Waals surface area (Å²) < 4.78 is 88.5. The lowest BCUT2D eigenvalue weighted by Gasteiger charge is -2.18. The Morgan fingerprint density at radius 1 is 1.17 bits per heavy atom. The Balaban J connectivity index is 0.000000463. The van der Waals surface area contributed by atoms with Crippen molar-refractivity contribution >= 4 is 27.0 Å². The van der Waals surface area contributed by atoms with Gasteiger partial charge in [0.05, 0.1) is 4.90 Å². The second kappa shape index (κ2) is 9.18. The summed E-state index contributed by atoms with van der Waals surface area (Å²) in [4.78, 5) is -0.0741. The number of nitrogens with two attached hydrogens (primary N) is 1. The van der Waals surface area contributed by atoms with Crippen LogP contribution in [-0.2, 0) is 10.1 Å². The minimum Gasteiger partial charge on any atom is -0.379 e. The molecule has 0 heterocycles. The van der Waals surface area contributed by atoms with Crippen molar-refractivity contribution in [3.05, 3.63) is 30.3 Å². The molecule has 1 aromatic carbocycles. The van der Waals surface area contributed by atoms with Crippen LogP contribution < -0.4 is 5.73 Å². The van der Waals surface area contributed by atoms with Crippen LogP contribution in [0.1, 0.15) is 12.8 Å². The van der Waals surface area contributed by atoms with E-state index in [9.17, 15) is 30.4 Å². The van der Waals surface area contributed by atoms with Crippen LogP contribution in [0.2, 0.25) is 0 Å². The number of halogens is 5. The molecular weight excluding hydrogens is 379 g/mol. The van der Waals surface area contributed by atoms with E-state index in [0.29, 0.717) is 0 Å². The van der Waals surface area contributed by atoms with Gasteiger partial charge in [0, 0.05) is 12.2 Å². The molecule has 0 bridgehead atoms. The molecule has 0 aromatic heterocycles. The quantitative estimate of drug-likeness (QED) is 0.233. The summed E-state index contributed by atoms with van der Waals surface area (Å²) in [5, 5.41) is 6.39. The second-order valence-electron chi connectivity index (χ2n) is 4.31. The van der Waals surface area contributed by atoms with Crippen LogP contribution in [0.25, 0.3) is 0 Å². The summed E-state index contributed by atoms with van der Waals surface area (Å²) in [7, 11) is -4.00. The zero-order chi connectivity index (χ0) is 19.0. The Morgan fingerprint density at radius 2 is 1.67 bits per heavy atom. The number of amidine groups is 1. The monoisotopic (exact) mass is 394 g/mol. The molecule has 0 unspecified atom stereocenters. The van der Waals surface area contributed by atoms with Crippen molar-refractivity contribution < 1.29 is 34.9 Å². The Labute approximate surface area is 139 Å². The number of alkyl halides is 5. The second-order valence-corrected chi connectivity index (χ2v) is 6.86. The van der Waals surface area contributed by atoms with Crippen LogP contribution in [0, 0.1) is 5.41 Å². The molecule has 0 aliphatic carbocycles. The molecule has 0 amide bonds. The van der Waals surface area contributed by atoms with Crippen molar-refractivity contribution in [1.82, 2.24) is 0 Å². The van der Waals surface area contributed by atoms with E-state index in [4.69, 9.17) is 15.7 Å². The van der Waals surface area contributed by atoms with E-state index in [2.05, 4.69) is 0 Å². The molecule has 0 aliphatic heterocycles. The Bertz CT molecular complexity index is 621. The van der Waals surface area contributed by atoms with Crippen LogP contribution in [0.3, 0.4) is 0 Å². The SMILES string of the molecule is N=C(N)SCCCC(F)(F)C(F)(F)F.O=S(=O)(O)c1ccccc1. The minimum atomic E-state index is -5.49. The van der Waals surface area contributed by atoms with E-state index in [1.807, 2.05) is 0 Å². The third-order valence-electron chi connectivity index (χ3n) is 2.35. The first kappa shape index (κ1) is 22.6. The number of thioether (sulfide) groups is 1. The average molecular weight is 394 g/mol. The Morgan fingerprint density at radius 3 is 2.00 bits per heavy atom. The van der Waals surface area contributed by atoms with Gasteiger partial charge in [-0.15, -0.1) is 0 Å². The third kappa shape index (κ3) is 9.03. The topological polar surface area (TPSA) is 104 Å². The van der Waals surface area contributed by atoms with E-state index in [0.717, 1.165) is 11.8 Å². The van der Waals surface area contributed by atoms with Crippen molar-refractivity contribution in [2.24, 2.45) is 5.73 Å². The molecule has 0 spiro atoms. The van der Waals surface area contributed by atoms with Crippen molar-refractivity contribution in [3.63, 3.8) is 0 Å². The molecule has 138 valence electrons. The normalized spacial score (nSPS) is 12.2. The maximum absolute atomic E-state index is 12.2. The third-order valence-corrected chi connectivity index (χ3v) is 4.02. The summed E-state index contributed by atoms with van der Waals surface area (Å²) in [5.41, 5.74) is 4.86. The summed E-state index contributed by atoms with van der Waals surface area (Å²) in [5.74, 6) is -4.66. The molecule has 0 saturated heterocycles. The van der Waals surface area contributed by atoms with Gasteiger partial charge in [0.15, 0.2) is 5.17 Å². The first-order valence-corrected chi connectivity index (χ1v) is 8.64. The highest BCUT2D eigenvalue weighted by Gasteiger charge is 2.56. The zero-order valence-corrected chi connectivity index (χ0v) is 13.7. The molecule has 4 N–H and O–H groups in total. The van der Waals surface area contributed by atoms with Gasteiger partial charge in [-0.1, -0.05) is 30.0 Å². The Hall–Kier alpha value is -1.40. The summed E-state index contributed by atoms with van der Waals surface area (Å²) >= 11 is 0.743. The number of hydrogen-bond donors (Lipinski definition) is 3. The van der Waals surface area contributed by atoms with Gasteiger partial charge in [0.1, 0.15) is 0 Å². The van der Waals surface area contributed by atoms with Crippen LogP contribution >= 0.6 is 11.8 Å². The van der Waals surface area contributed by atoms with Gasteiger partial charge in [-0.25, -0.2) is 0 Å². The van der Waals surface area contributed by atoms with Gasteiger partial charge < -0.3 is 5.73 Å². The molecule has 1 rings (SSSR count). The van der Waals surface area contributed by atoms with E-state index in [-0.39, 0.29) is 22.2 Å². The van der Waals surface area contributed by atoms with Gasteiger partial charge in [0.2, 0.25) is 0 Å². The molecule has 24 heavy (non-hydrogen) atoms. The lowest BCUT2D eigenvalue weighted by atomic mass is 10.2. The van der Waals surface area contributed by atoms with Gasteiger partial charge >= 0.3 is 12.1 Å². The largest absolute Gasteiger partial charge is 0.453 e. The molecular formula is C12H15F5N2O3S2. The van der Waals surface area contributed by atoms with Gasteiger partial charge in [0.25, 0.3) is 10.1 Å². The van der Waals surface area contributed by atoms with E-state index >= 15 is 0 Å². The lowest BCUT2D eigenvalue weighted by Crippen LogP contribution is -2.36. The fourth-order valence-electron chi connectivity index (χ4n) is 1.21. The fourth-order valence-corrected chi connectivity index (χ4v) is 2.22. The zero-order valence-electron chi connectivity index (χ0n) is 12.1. The minimum absolute atomic E-state index is 0.0129. The van der Waals surface area contributed by atoms with Crippen molar-refractivity contribution in [3.8, 4) is 0 Å². The van der Waals surface area contributed by atoms with E-state index in [1.54, 1.807) is 18.2 Å². The maximum atomic E-state index is 12.2. The molecule has 0 saturated carbocycles. The smallest absolute Gasteiger partial charge is 0.379 e. The van der Waals surface area contributed by atoms with E-state index < -0.39 is 28.6 Å². The summed E-state index contributed by atoms with van der Waals surface area (Å²) in [6.07, 6.45) is -7.10. The predicted molar refractivity (Wildman–Crippen MR) is 80.9 cm³/mol. The summed E-state index contributed by atoms with van der Waals surface area (Å²) in [6.45, 7) is 0. The number of nitrogens with one attached hydrogen (secondary N) is 1. The number of hydrogen-bond acceptors (Lipinski definition) is 4. The van der Waals surface area contributed by atoms with Crippen LogP contribution in [0.15, 0.2) is 35.2 Å². The first-order chi connectivity index (χ1) is 10.8. The molecule has 0 aliphatic rings. The maximum Gasteiger partial charge on any atom is 0.453 e. The Kier molecular flexibility index (Phi) is 8.64. The summed E-state index contributed by atoms with van der Waals surface area (Å²) in [6, 6.07) is 7.42. The molecule has 1 aromatic rings. The standard InChI is InChI=1S/C6H9F5N2S.C6H6O3S/c7-5(8,6(9,10)11)2-1-3-14-4(12)13;7-10(8,9)6-4-2-1-3-5-6/h1-3H2,(H3,12,13);1-5H,(H,7,8,9). The average Bonchev–Trinajstić information content (AvgIpc) is 2.43. The van der Waals surface area contributed by atoms with Crippen molar-refractivity contribution in [1.29, 1.82) is 5.41 Å². The molecule has 0 fully saturated rings. The van der Waals surface area contributed by atoms with Crippen molar-refractivity contribution in [2.45, 2.75) is 29.8 Å². The van der Waals surface area contributed by atoms with Crippen LogP contribution in [-0.4, -0.2) is 36.0 Å². The van der Waals surface area contributed by atoms with Gasteiger partial charge in [-0.3, -0.25) is 9.96 Å². The van der Waals surface area contributed by atoms with E-state index in [1.165, 1.54) is 12.1 Å². The molecule has 12 heteroatoms. The first-order valence-electron chi connectivity index (χ1n) is 6.21. The molecule has 0 atom stereocenters. The van der Waals surface area contributed by atoms with Gasteiger partial charge in [-0.05, 0) is 18.6 Å². The molecule has 5 nitrogen and oxygen atoms in total.